The van der Waals surface area contributed by atoms with Gasteiger partial charge < -0.3 is 4.74 Å². The van der Waals surface area contributed by atoms with Crippen LogP contribution in [0.25, 0.3) is 0 Å². The van der Waals surface area contributed by atoms with Crippen LogP contribution in [0.5, 0.6) is 0 Å². The van der Waals surface area contributed by atoms with E-state index in [9.17, 15) is 19.3 Å². The lowest BCUT2D eigenvalue weighted by Crippen LogP contribution is -2.14. The first-order valence-corrected chi connectivity index (χ1v) is 8.01. The topological polar surface area (TPSA) is 93.8 Å². The molecule has 0 bridgehead atoms. The van der Waals surface area contributed by atoms with Crippen LogP contribution >= 0.6 is 0 Å². The van der Waals surface area contributed by atoms with Gasteiger partial charge in [0.05, 0.1) is 17.2 Å². The zero-order valence-electron chi connectivity index (χ0n) is 14.7. The van der Waals surface area contributed by atoms with Gasteiger partial charge in [0.1, 0.15) is 11.5 Å². The lowest BCUT2D eigenvalue weighted by atomic mass is 10.2. The summed E-state index contributed by atoms with van der Waals surface area (Å²) < 4.78 is 17.5. The van der Waals surface area contributed by atoms with Gasteiger partial charge in [-0.2, -0.15) is 0 Å². The monoisotopic (exact) mass is 361 g/mol. The molecule has 2 aromatic rings. The number of anilines is 1. The van der Waals surface area contributed by atoms with E-state index in [1.807, 2.05) is 13.8 Å². The van der Waals surface area contributed by atoms with Crippen LogP contribution in [0.1, 0.15) is 26.3 Å². The zero-order chi connectivity index (χ0) is 19.5. The number of carbonyl (C=O) groups is 1. The summed E-state index contributed by atoms with van der Waals surface area (Å²) in [6.45, 7) is 5.78. The van der Waals surface area contributed by atoms with Gasteiger partial charge in [-0.15, -0.1) is 0 Å². The van der Waals surface area contributed by atoms with E-state index in [-0.39, 0.29) is 23.8 Å². The summed E-state index contributed by atoms with van der Waals surface area (Å²) in [6, 6.07) is 9.74. The molecule has 138 valence electrons. The minimum absolute atomic E-state index is 0.0131. The number of nitro benzene ring substituents is 1. The fraction of sp³-hybridized carbons (Fsp3) is 0.222. The maximum Gasteiger partial charge on any atom is 0.411 e. The lowest BCUT2D eigenvalue weighted by molar-refractivity contribution is -0.383. The highest BCUT2D eigenvalue weighted by molar-refractivity contribution is 5.89. The van der Waals surface area contributed by atoms with E-state index in [0.717, 1.165) is 0 Å². The Kier molecular flexibility index (Phi) is 8.42. The van der Waals surface area contributed by atoms with Crippen molar-refractivity contribution in [3.05, 3.63) is 64.0 Å². The number of hydrogen-bond donors (Lipinski definition) is 1. The normalized spacial score (nSPS) is 10.0. The van der Waals surface area contributed by atoms with E-state index in [0.29, 0.717) is 11.3 Å². The second-order valence-electron chi connectivity index (χ2n) is 4.61. The third-order valence-corrected chi connectivity index (χ3v) is 2.92. The van der Waals surface area contributed by atoms with Crippen LogP contribution in [0.2, 0.25) is 0 Å². The standard InChI is InChI=1S/C16H14FN3O4.C2H6/c1-2-24-16(21)19-14-8-7-13(9-15(14)20(22)23)18-10-11-3-5-12(17)6-4-11;1-2/h3-10H,2H2,1H3,(H,19,21);1-2H3. The fourth-order valence-electron chi connectivity index (χ4n) is 1.83. The molecule has 2 aromatic carbocycles. The van der Waals surface area contributed by atoms with Gasteiger partial charge in [0.2, 0.25) is 0 Å². The quantitative estimate of drug-likeness (QED) is 0.456. The summed E-state index contributed by atoms with van der Waals surface area (Å²) >= 11 is 0. The molecule has 0 atom stereocenters. The van der Waals surface area contributed by atoms with Crippen molar-refractivity contribution in [2.75, 3.05) is 11.9 Å². The Morgan fingerprint density at radius 3 is 2.50 bits per heavy atom. The van der Waals surface area contributed by atoms with Gasteiger partial charge in [-0.3, -0.25) is 20.4 Å². The smallest absolute Gasteiger partial charge is 0.411 e. The summed E-state index contributed by atoms with van der Waals surface area (Å²) in [5.41, 5.74) is 0.671. The SMILES string of the molecule is CC.CCOC(=O)Nc1ccc(N=Cc2ccc(F)cc2)cc1[N+](=O)[O-]. The molecule has 0 heterocycles. The Morgan fingerprint density at radius 1 is 1.27 bits per heavy atom. The Hall–Kier alpha value is -3.29. The first-order chi connectivity index (χ1) is 12.5. The average molecular weight is 361 g/mol. The number of ether oxygens (including phenoxy) is 1. The molecule has 0 aromatic heterocycles. The number of hydrogen-bond acceptors (Lipinski definition) is 5. The maximum atomic E-state index is 12.8. The van der Waals surface area contributed by atoms with Crippen LogP contribution < -0.4 is 5.32 Å². The van der Waals surface area contributed by atoms with Crippen molar-refractivity contribution in [3.63, 3.8) is 0 Å². The van der Waals surface area contributed by atoms with E-state index in [1.54, 1.807) is 6.92 Å². The van der Waals surface area contributed by atoms with Crippen LogP contribution in [-0.4, -0.2) is 23.8 Å². The molecule has 1 amide bonds. The number of nitrogens with one attached hydrogen (secondary N) is 1. The van der Waals surface area contributed by atoms with E-state index in [2.05, 4.69) is 10.3 Å². The molecule has 0 aliphatic heterocycles. The Balaban J connectivity index is 0.00000163. The predicted molar refractivity (Wildman–Crippen MR) is 98.7 cm³/mol. The molecule has 2 rings (SSSR count). The number of rotatable bonds is 5. The first kappa shape index (κ1) is 20.8. The molecule has 0 spiro atoms. The van der Waals surface area contributed by atoms with Gasteiger partial charge in [-0.1, -0.05) is 26.0 Å². The average Bonchev–Trinajstić information content (AvgIpc) is 2.64. The van der Waals surface area contributed by atoms with Crippen LogP contribution in [0.3, 0.4) is 0 Å². The van der Waals surface area contributed by atoms with Crippen molar-refractivity contribution in [1.82, 2.24) is 0 Å². The van der Waals surface area contributed by atoms with E-state index < -0.39 is 11.0 Å². The Morgan fingerprint density at radius 2 is 1.92 bits per heavy atom. The predicted octanol–water partition coefficient (Wildman–Crippen LogP) is 5.08. The third-order valence-electron chi connectivity index (χ3n) is 2.92. The summed E-state index contributed by atoms with van der Waals surface area (Å²) in [6.07, 6.45) is 0.680. The van der Waals surface area contributed by atoms with Gasteiger partial charge in [0.15, 0.2) is 0 Å². The number of aliphatic imine (C=N–C) groups is 1. The molecule has 0 radical (unpaired) electrons. The fourth-order valence-corrected chi connectivity index (χ4v) is 1.83. The highest BCUT2D eigenvalue weighted by atomic mass is 19.1. The number of nitrogens with zero attached hydrogens (tertiary/aromatic N) is 2. The highest BCUT2D eigenvalue weighted by Crippen LogP contribution is 2.29. The van der Waals surface area contributed by atoms with E-state index in [4.69, 9.17) is 4.74 Å². The van der Waals surface area contributed by atoms with Gasteiger partial charge in [0, 0.05) is 12.3 Å². The molecule has 7 nitrogen and oxygen atoms in total. The van der Waals surface area contributed by atoms with Gasteiger partial charge in [-0.25, -0.2) is 9.18 Å². The summed E-state index contributed by atoms with van der Waals surface area (Å²) in [4.78, 5) is 26.0. The second kappa shape index (κ2) is 10.5. The lowest BCUT2D eigenvalue weighted by Gasteiger charge is -2.06. The molecule has 8 heteroatoms. The number of halogens is 1. The Bertz CT molecular complexity index is 777. The van der Waals surface area contributed by atoms with Crippen molar-refractivity contribution in [2.45, 2.75) is 20.8 Å². The Labute approximate surface area is 150 Å². The van der Waals surface area contributed by atoms with Gasteiger partial charge >= 0.3 is 6.09 Å². The summed E-state index contributed by atoms with van der Waals surface area (Å²) in [5.74, 6) is -0.364. The van der Waals surface area contributed by atoms with Crippen molar-refractivity contribution in [3.8, 4) is 0 Å². The molecule has 1 N–H and O–H groups in total. The maximum absolute atomic E-state index is 12.8. The zero-order valence-corrected chi connectivity index (χ0v) is 14.7. The van der Waals surface area contributed by atoms with Crippen molar-refractivity contribution in [2.24, 2.45) is 4.99 Å². The summed E-state index contributed by atoms with van der Waals surface area (Å²) in [7, 11) is 0. The molecular weight excluding hydrogens is 341 g/mol. The van der Waals surface area contributed by atoms with Crippen LogP contribution in [0.15, 0.2) is 47.5 Å². The molecule has 0 saturated carbocycles. The van der Waals surface area contributed by atoms with Crippen molar-refractivity contribution < 1.29 is 18.8 Å². The van der Waals surface area contributed by atoms with E-state index >= 15 is 0 Å². The van der Waals surface area contributed by atoms with Gasteiger partial charge in [0.25, 0.3) is 5.69 Å². The second-order valence-corrected chi connectivity index (χ2v) is 4.61. The largest absolute Gasteiger partial charge is 0.450 e. The molecule has 0 unspecified atom stereocenters. The van der Waals surface area contributed by atoms with Crippen LogP contribution in [0.4, 0.5) is 26.2 Å². The molecule has 26 heavy (non-hydrogen) atoms. The van der Waals surface area contributed by atoms with Crippen molar-refractivity contribution in [1.29, 1.82) is 0 Å². The molecule has 0 aliphatic carbocycles. The van der Waals surface area contributed by atoms with E-state index in [1.165, 1.54) is 48.7 Å². The third kappa shape index (κ3) is 6.31. The highest BCUT2D eigenvalue weighted by Gasteiger charge is 2.17. The van der Waals surface area contributed by atoms with Crippen molar-refractivity contribution >= 4 is 29.4 Å². The molecule has 0 fully saturated rings. The number of amides is 1. The van der Waals surface area contributed by atoms with Crippen LogP contribution in [-0.2, 0) is 4.74 Å². The van der Waals surface area contributed by atoms with Crippen LogP contribution in [0, 0.1) is 15.9 Å². The molecule has 0 saturated heterocycles. The minimum Gasteiger partial charge on any atom is -0.450 e. The van der Waals surface area contributed by atoms with Gasteiger partial charge in [-0.05, 0) is 36.8 Å². The molecule has 0 aliphatic rings. The summed E-state index contributed by atoms with van der Waals surface area (Å²) in [5, 5.41) is 13.4. The number of nitro groups is 1. The first-order valence-electron chi connectivity index (χ1n) is 8.01. The minimum atomic E-state index is -0.775. The number of benzene rings is 2. The number of carbonyl (C=O) groups excluding carboxylic acids is 1. The molecular formula is C18H20FN3O4.